The Balaban J connectivity index is 2.58. The molecule has 0 atom stereocenters. The second kappa shape index (κ2) is 3.81. The SMILES string of the molecule is Cc1ccc(-c2nc(N)cc(=O)[nH]2)cc1C. The van der Waals surface area contributed by atoms with Crippen molar-refractivity contribution >= 4 is 5.82 Å². The van der Waals surface area contributed by atoms with Crippen LogP contribution >= 0.6 is 0 Å². The minimum absolute atomic E-state index is 0.233. The molecule has 0 saturated heterocycles. The number of hydrogen-bond acceptors (Lipinski definition) is 3. The Kier molecular flexibility index (Phi) is 2.48. The molecule has 0 radical (unpaired) electrons. The lowest BCUT2D eigenvalue weighted by Crippen LogP contribution is -2.09. The van der Waals surface area contributed by atoms with E-state index in [9.17, 15) is 4.79 Å². The van der Waals surface area contributed by atoms with E-state index in [0.717, 1.165) is 11.1 Å². The van der Waals surface area contributed by atoms with E-state index in [1.807, 2.05) is 32.0 Å². The average molecular weight is 215 g/mol. The van der Waals surface area contributed by atoms with Crippen molar-refractivity contribution in [2.24, 2.45) is 0 Å². The van der Waals surface area contributed by atoms with Crippen molar-refractivity contribution < 1.29 is 0 Å². The van der Waals surface area contributed by atoms with Crippen molar-refractivity contribution in [3.8, 4) is 11.4 Å². The standard InChI is InChI=1S/C12H13N3O/c1-7-3-4-9(5-8(7)2)12-14-10(13)6-11(16)15-12/h3-6H,1-2H3,(H3,13,14,15,16). The first-order valence-corrected chi connectivity index (χ1v) is 5.01. The number of nitrogen functional groups attached to an aromatic ring is 1. The summed E-state index contributed by atoms with van der Waals surface area (Å²) in [5, 5.41) is 0. The van der Waals surface area contributed by atoms with Crippen LogP contribution in [-0.2, 0) is 0 Å². The van der Waals surface area contributed by atoms with Gasteiger partial charge >= 0.3 is 0 Å². The summed E-state index contributed by atoms with van der Waals surface area (Å²) in [5.74, 6) is 0.741. The van der Waals surface area contributed by atoms with E-state index in [1.165, 1.54) is 11.6 Å². The van der Waals surface area contributed by atoms with Gasteiger partial charge in [-0.2, -0.15) is 0 Å². The van der Waals surface area contributed by atoms with Gasteiger partial charge in [0.05, 0.1) is 0 Å². The molecule has 0 aliphatic rings. The zero-order valence-electron chi connectivity index (χ0n) is 9.24. The van der Waals surface area contributed by atoms with Gasteiger partial charge in [0.25, 0.3) is 5.56 Å². The van der Waals surface area contributed by atoms with Gasteiger partial charge in [-0.25, -0.2) is 4.98 Å². The molecule has 0 aliphatic carbocycles. The second-order valence-electron chi connectivity index (χ2n) is 3.82. The van der Waals surface area contributed by atoms with Crippen LogP contribution in [0.5, 0.6) is 0 Å². The molecule has 1 heterocycles. The lowest BCUT2D eigenvalue weighted by molar-refractivity contribution is 1.13. The summed E-state index contributed by atoms with van der Waals surface area (Å²) >= 11 is 0. The topological polar surface area (TPSA) is 71.8 Å². The molecule has 0 spiro atoms. The van der Waals surface area contributed by atoms with Gasteiger partial charge in [0.1, 0.15) is 11.6 Å². The molecule has 16 heavy (non-hydrogen) atoms. The molecular formula is C12H13N3O. The normalized spacial score (nSPS) is 10.4. The summed E-state index contributed by atoms with van der Waals surface area (Å²) in [5.41, 5.74) is 8.53. The quantitative estimate of drug-likeness (QED) is 0.759. The van der Waals surface area contributed by atoms with Crippen LogP contribution < -0.4 is 11.3 Å². The second-order valence-corrected chi connectivity index (χ2v) is 3.82. The highest BCUT2D eigenvalue weighted by Crippen LogP contribution is 2.18. The van der Waals surface area contributed by atoms with E-state index >= 15 is 0 Å². The largest absolute Gasteiger partial charge is 0.383 e. The summed E-state index contributed by atoms with van der Waals surface area (Å²) in [4.78, 5) is 18.0. The highest BCUT2D eigenvalue weighted by molar-refractivity contribution is 5.58. The van der Waals surface area contributed by atoms with Gasteiger partial charge < -0.3 is 10.7 Å². The van der Waals surface area contributed by atoms with Gasteiger partial charge in [-0.3, -0.25) is 4.79 Å². The van der Waals surface area contributed by atoms with Gasteiger partial charge in [0, 0.05) is 11.6 Å². The minimum atomic E-state index is -0.235. The maximum absolute atomic E-state index is 11.3. The smallest absolute Gasteiger partial charge is 0.253 e. The molecular weight excluding hydrogens is 202 g/mol. The molecule has 0 bridgehead atoms. The van der Waals surface area contributed by atoms with E-state index in [1.54, 1.807) is 0 Å². The Morgan fingerprint density at radius 2 is 1.94 bits per heavy atom. The molecule has 82 valence electrons. The molecule has 4 nitrogen and oxygen atoms in total. The third-order valence-electron chi connectivity index (χ3n) is 2.54. The lowest BCUT2D eigenvalue weighted by atomic mass is 10.1. The fourth-order valence-corrected chi connectivity index (χ4v) is 1.50. The molecule has 1 aromatic heterocycles. The maximum atomic E-state index is 11.3. The Hall–Kier alpha value is -2.10. The van der Waals surface area contributed by atoms with Gasteiger partial charge in [0.2, 0.25) is 0 Å². The van der Waals surface area contributed by atoms with Crippen molar-refractivity contribution in [2.75, 3.05) is 5.73 Å². The third kappa shape index (κ3) is 1.95. The molecule has 0 unspecified atom stereocenters. The Labute approximate surface area is 93.2 Å². The predicted molar refractivity (Wildman–Crippen MR) is 64.2 cm³/mol. The number of aryl methyl sites for hydroxylation is 2. The number of aromatic nitrogens is 2. The minimum Gasteiger partial charge on any atom is -0.383 e. The highest BCUT2D eigenvalue weighted by atomic mass is 16.1. The van der Waals surface area contributed by atoms with Crippen LogP contribution in [0, 0.1) is 13.8 Å². The Morgan fingerprint density at radius 1 is 1.19 bits per heavy atom. The highest BCUT2D eigenvalue weighted by Gasteiger charge is 2.03. The summed E-state index contributed by atoms with van der Waals surface area (Å²) in [7, 11) is 0. The first-order valence-electron chi connectivity index (χ1n) is 5.01. The molecule has 0 saturated carbocycles. The fourth-order valence-electron chi connectivity index (χ4n) is 1.50. The molecule has 0 aliphatic heterocycles. The predicted octanol–water partition coefficient (Wildman–Crippen LogP) is 1.64. The van der Waals surface area contributed by atoms with Crippen molar-refractivity contribution in [1.29, 1.82) is 0 Å². The van der Waals surface area contributed by atoms with Gasteiger partial charge in [-0.15, -0.1) is 0 Å². The van der Waals surface area contributed by atoms with E-state index in [0.29, 0.717) is 5.82 Å². The number of nitrogens with one attached hydrogen (secondary N) is 1. The number of benzene rings is 1. The molecule has 2 aromatic rings. The molecule has 0 amide bonds. The van der Waals surface area contributed by atoms with Crippen molar-refractivity contribution in [3.63, 3.8) is 0 Å². The van der Waals surface area contributed by atoms with Gasteiger partial charge in [0.15, 0.2) is 0 Å². The number of nitrogens with zero attached hydrogens (tertiary/aromatic N) is 1. The van der Waals surface area contributed by atoms with E-state index in [4.69, 9.17) is 5.73 Å². The number of aromatic amines is 1. The van der Waals surface area contributed by atoms with Crippen LogP contribution in [0.1, 0.15) is 11.1 Å². The number of nitrogens with two attached hydrogens (primary N) is 1. The Bertz CT molecular complexity index is 587. The zero-order chi connectivity index (χ0) is 11.7. The summed E-state index contributed by atoms with van der Waals surface area (Å²) < 4.78 is 0. The third-order valence-corrected chi connectivity index (χ3v) is 2.54. The Morgan fingerprint density at radius 3 is 2.56 bits per heavy atom. The first-order chi connectivity index (χ1) is 7.56. The van der Waals surface area contributed by atoms with E-state index in [-0.39, 0.29) is 11.4 Å². The summed E-state index contributed by atoms with van der Waals surface area (Å²) in [6.07, 6.45) is 0. The zero-order valence-corrected chi connectivity index (χ0v) is 9.24. The van der Waals surface area contributed by atoms with Crippen LogP contribution in [-0.4, -0.2) is 9.97 Å². The van der Waals surface area contributed by atoms with Gasteiger partial charge in [-0.05, 0) is 31.0 Å². The van der Waals surface area contributed by atoms with Crippen molar-refractivity contribution in [3.05, 3.63) is 45.7 Å². The summed E-state index contributed by atoms with van der Waals surface area (Å²) in [6, 6.07) is 7.16. The number of rotatable bonds is 1. The van der Waals surface area contributed by atoms with E-state index in [2.05, 4.69) is 9.97 Å². The van der Waals surface area contributed by atoms with Crippen LogP contribution in [0.2, 0.25) is 0 Å². The van der Waals surface area contributed by atoms with Gasteiger partial charge in [-0.1, -0.05) is 12.1 Å². The lowest BCUT2D eigenvalue weighted by Gasteiger charge is -2.04. The van der Waals surface area contributed by atoms with Crippen LogP contribution in [0.15, 0.2) is 29.1 Å². The number of hydrogen-bond donors (Lipinski definition) is 2. The average Bonchev–Trinajstić information content (AvgIpc) is 2.20. The van der Waals surface area contributed by atoms with Crippen LogP contribution in [0.3, 0.4) is 0 Å². The molecule has 4 heteroatoms. The molecule has 0 fully saturated rings. The molecule has 1 aromatic carbocycles. The fraction of sp³-hybridized carbons (Fsp3) is 0.167. The number of H-pyrrole nitrogens is 1. The van der Waals surface area contributed by atoms with Crippen LogP contribution in [0.25, 0.3) is 11.4 Å². The molecule has 2 rings (SSSR count). The van der Waals surface area contributed by atoms with Crippen LogP contribution in [0.4, 0.5) is 5.82 Å². The van der Waals surface area contributed by atoms with Crippen molar-refractivity contribution in [2.45, 2.75) is 13.8 Å². The number of anilines is 1. The first kappa shape index (κ1) is 10.4. The van der Waals surface area contributed by atoms with Crippen molar-refractivity contribution in [1.82, 2.24) is 9.97 Å². The van der Waals surface area contributed by atoms with E-state index < -0.39 is 0 Å². The monoisotopic (exact) mass is 215 g/mol. The maximum Gasteiger partial charge on any atom is 0.253 e. The molecule has 3 N–H and O–H groups in total. The summed E-state index contributed by atoms with van der Waals surface area (Å²) in [6.45, 7) is 4.05.